The number of nitrogens with zero attached hydrogens (tertiary/aromatic N) is 5. The Bertz CT molecular complexity index is 518. The first-order valence-corrected chi connectivity index (χ1v) is 7.29. The summed E-state index contributed by atoms with van der Waals surface area (Å²) in [6.07, 6.45) is 2.76. The molecule has 1 N–H and O–H groups in total. The number of aromatic nitrogens is 5. The van der Waals surface area contributed by atoms with Crippen LogP contribution >= 0.6 is 11.5 Å². The predicted molar refractivity (Wildman–Crippen MR) is 75.1 cm³/mol. The van der Waals surface area contributed by atoms with Gasteiger partial charge in [-0.3, -0.25) is 4.68 Å². The quantitative estimate of drug-likeness (QED) is 0.872. The summed E-state index contributed by atoms with van der Waals surface area (Å²) in [4.78, 5) is 1.21. The number of rotatable bonds is 6. The van der Waals surface area contributed by atoms with Gasteiger partial charge in [-0.25, -0.2) is 0 Å². The average Bonchev–Trinajstić information content (AvgIpc) is 2.97. The van der Waals surface area contributed by atoms with E-state index in [1.165, 1.54) is 16.4 Å². The summed E-state index contributed by atoms with van der Waals surface area (Å²) in [6.45, 7) is 7.30. The molecule has 1 unspecified atom stereocenters. The fourth-order valence-corrected chi connectivity index (χ4v) is 2.93. The van der Waals surface area contributed by atoms with Crippen LogP contribution in [0, 0.1) is 0 Å². The first-order chi connectivity index (χ1) is 9.11. The molecule has 0 fully saturated rings. The SMILES string of the molecule is CCNC(Cc1cn(C)nn1)c1snnc1C(C)C. The van der Waals surface area contributed by atoms with E-state index >= 15 is 0 Å². The zero-order valence-electron chi connectivity index (χ0n) is 11.8. The van der Waals surface area contributed by atoms with Crippen LogP contribution in [0.1, 0.15) is 49.0 Å². The third-order valence-electron chi connectivity index (χ3n) is 2.92. The molecule has 0 aliphatic rings. The fourth-order valence-electron chi connectivity index (χ4n) is 2.05. The molecule has 2 aromatic heterocycles. The lowest BCUT2D eigenvalue weighted by Gasteiger charge is -2.16. The normalized spacial score (nSPS) is 13.1. The van der Waals surface area contributed by atoms with Crippen LogP contribution in [-0.4, -0.2) is 31.1 Å². The van der Waals surface area contributed by atoms with Gasteiger partial charge in [0.2, 0.25) is 0 Å². The smallest absolute Gasteiger partial charge is 0.0846 e. The summed E-state index contributed by atoms with van der Waals surface area (Å²) in [5.41, 5.74) is 2.07. The van der Waals surface area contributed by atoms with Crippen molar-refractivity contribution in [3.05, 3.63) is 22.5 Å². The molecule has 19 heavy (non-hydrogen) atoms. The third kappa shape index (κ3) is 3.36. The van der Waals surface area contributed by atoms with Gasteiger partial charge in [0.1, 0.15) is 0 Å². The van der Waals surface area contributed by atoms with Crippen molar-refractivity contribution in [2.45, 2.75) is 39.2 Å². The molecule has 0 saturated carbocycles. The van der Waals surface area contributed by atoms with E-state index in [2.05, 4.69) is 46.0 Å². The number of nitrogens with one attached hydrogen (secondary N) is 1. The maximum absolute atomic E-state index is 4.25. The van der Waals surface area contributed by atoms with Crippen LogP contribution in [0.25, 0.3) is 0 Å². The minimum Gasteiger partial charge on any atom is -0.309 e. The van der Waals surface area contributed by atoms with Crippen molar-refractivity contribution in [3.8, 4) is 0 Å². The third-order valence-corrected chi connectivity index (χ3v) is 3.77. The molecule has 2 aromatic rings. The van der Waals surface area contributed by atoms with E-state index in [4.69, 9.17) is 0 Å². The van der Waals surface area contributed by atoms with Crippen molar-refractivity contribution in [3.63, 3.8) is 0 Å². The molecule has 0 aromatic carbocycles. The summed E-state index contributed by atoms with van der Waals surface area (Å²) in [6, 6.07) is 0.208. The first-order valence-electron chi connectivity index (χ1n) is 6.52. The minimum absolute atomic E-state index is 0.208. The summed E-state index contributed by atoms with van der Waals surface area (Å²) in [5.74, 6) is 0.386. The average molecular weight is 280 g/mol. The summed E-state index contributed by atoms with van der Waals surface area (Å²) < 4.78 is 5.83. The minimum atomic E-state index is 0.208. The topological polar surface area (TPSA) is 68.5 Å². The van der Waals surface area contributed by atoms with E-state index in [9.17, 15) is 0 Å². The van der Waals surface area contributed by atoms with Gasteiger partial charge in [0, 0.05) is 19.7 Å². The second kappa shape index (κ2) is 6.21. The van der Waals surface area contributed by atoms with E-state index in [-0.39, 0.29) is 6.04 Å². The van der Waals surface area contributed by atoms with Crippen LogP contribution in [0.4, 0.5) is 0 Å². The van der Waals surface area contributed by atoms with E-state index < -0.39 is 0 Å². The first kappa shape index (κ1) is 14.1. The predicted octanol–water partition coefficient (Wildman–Crippen LogP) is 1.68. The van der Waals surface area contributed by atoms with Crippen LogP contribution < -0.4 is 5.32 Å². The Kier molecular flexibility index (Phi) is 4.60. The molecule has 1 atom stereocenters. The van der Waals surface area contributed by atoms with E-state index in [1.54, 1.807) is 4.68 Å². The fraction of sp³-hybridized carbons (Fsp3) is 0.667. The lowest BCUT2D eigenvalue weighted by Crippen LogP contribution is -2.23. The van der Waals surface area contributed by atoms with Crippen molar-refractivity contribution < 1.29 is 0 Å². The van der Waals surface area contributed by atoms with E-state index in [0.29, 0.717) is 5.92 Å². The van der Waals surface area contributed by atoms with E-state index in [0.717, 1.165) is 24.4 Å². The van der Waals surface area contributed by atoms with Gasteiger partial charge >= 0.3 is 0 Å². The Labute approximate surface area is 117 Å². The molecule has 2 heterocycles. The van der Waals surface area contributed by atoms with Crippen molar-refractivity contribution in [2.75, 3.05) is 6.54 Å². The number of aryl methyl sites for hydroxylation is 1. The Morgan fingerprint density at radius 3 is 2.74 bits per heavy atom. The molecular weight excluding hydrogens is 260 g/mol. The van der Waals surface area contributed by atoms with Gasteiger partial charge in [-0.1, -0.05) is 30.5 Å². The molecule has 0 radical (unpaired) electrons. The molecule has 6 nitrogen and oxygen atoms in total. The van der Waals surface area contributed by atoms with Crippen LogP contribution in [0.5, 0.6) is 0 Å². The maximum Gasteiger partial charge on any atom is 0.0846 e. The van der Waals surface area contributed by atoms with Crippen molar-refractivity contribution >= 4 is 11.5 Å². The maximum atomic E-state index is 4.25. The summed E-state index contributed by atoms with van der Waals surface area (Å²) >= 11 is 1.47. The molecule has 2 rings (SSSR count). The largest absolute Gasteiger partial charge is 0.309 e. The Hall–Kier alpha value is -1.34. The second-order valence-electron chi connectivity index (χ2n) is 4.88. The number of hydrogen-bond donors (Lipinski definition) is 1. The van der Waals surface area contributed by atoms with Gasteiger partial charge in [0.15, 0.2) is 0 Å². The van der Waals surface area contributed by atoms with Crippen molar-refractivity contribution in [1.82, 2.24) is 29.9 Å². The highest BCUT2D eigenvalue weighted by molar-refractivity contribution is 7.05. The highest BCUT2D eigenvalue weighted by Crippen LogP contribution is 2.28. The summed E-state index contributed by atoms with van der Waals surface area (Å²) in [5, 5.41) is 15.9. The number of likely N-dealkylation sites (N-methyl/N-ethyl adjacent to an activating group) is 1. The van der Waals surface area contributed by atoms with Crippen LogP contribution in [0.3, 0.4) is 0 Å². The van der Waals surface area contributed by atoms with Gasteiger partial charge in [0.25, 0.3) is 0 Å². The van der Waals surface area contributed by atoms with Crippen LogP contribution in [0.2, 0.25) is 0 Å². The monoisotopic (exact) mass is 280 g/mol. The molecule has 0 bridgehead atoms. The Balaban J connectivity index is 2.21. The van der Waals surface area contributed by atoms with Gasteiger partial charge in [0.05, 0.1) is 22.3 Å². The molecule has 0 amide bonds. The molecule has 0 aliphatic carbocycles. The lowest BCUT2D eigenvalue weighted by atomic mass is 10.0. The summed E-state index contributed by atoms with van der Waals surface area (Å²) in [7, 11) is 1.88. The van der Waals surface area contributed by atoms with Crippen molar-refractivity contribution in [2.24, 2.45) is 7.05 Å². The number of hydrogen-bond acceptors (Lipinski definition) is 6. The van der Waals surface area contributed by atoms with Gasteiger partial charge in [-0.05, 0) is 24.0 Å². The van der Waals surface area contributed by atoms with E-state index in [1.807, 2.05) is 13.2 Å². The zero-order chi connectivity index (χ0) is 13.8. The molecule has 0 spiro atoms. The van der Waals surface area contributed by atoms with Gasteiger partial charge in [-0.2, -0.15) is 0 Å². The van der Waals surface area contributed by atoms with Crippen LogP contribution in [0.15, 0.2) is 6.20 Å². The van der Waals surface area contributed by atoms with Gasteiger partial charge in [-0.15, -0.1) is 10.2 Å². The zero-order valence-corrected chi connectivity index (χ0v) is 12.6. The molecule has 0 aliphatic heterocycles. The molecule has 104 valence electrons. The highest BCUT2D eigenvalue weighted by atomic mass is 32.1. The molecule has 0 saturated heterocycles. The second-order valence-corrected chi connectivity index (χ2v) is 5.66. The standard InChI is InChI=1S/C12H20N6S/c1-5-13-10(6-9-7-18(4)16-14-9)12-11(8(2)3)15-17-19-12/h7-8,10,13H,5-6H2,1-4H3. The molecule has 7 heteroatoms. The van der Waals surface area contributed by atoms with Crippen LogP contribution in [-0.2, 0) is 13.5 Å². The Morgan fingerprint density at radius 1 is 1.37 bits per heavy atom. The van der Waals surface area contributed by atoms with Crippen molar-refractivity contribution in [1.29, 1.82) is 0 Å². The lowest BCUT2D eigenvalue weighted by molar-refractivity contribution is 0.543. The highest BCUT2D eigenvalue weighted by Gasteiger charge is 2.21. The molecular formula is C12H20N6S. The Morgan fingerprint density at radius 2 is 2.16 bits per heavy atom. The van der Waals surface area contributed by atoms with Gasteiger partial charge < -0.3 is 5.32 Å².